The molecule has 0 saturated carbocycles. The quantitative estimate of drug-likeness (QED) is 0.272. The minimum absolute atomic E-state index is 0.0595. The van der Waals surface area contributed by atoms with E-state index in [1.807, 2.05) is 19.9 Å². The molecule has 2 saturated heterocycles. The molecule has 0 amide bonds. The van der Waals surface area contributed by atoms with Gasteiger partial charge in [0.2, 0.25) is 0 Å². The van der Waals surface area contributed by atoms with E-state index in [9.17, 15) is 4.39 Å². The molecule has 0 bridgehead atoms. The van der Waals surface area contributed by atoms with Crippen LogP contribution in [0.5, 0.6) is 0 Å². The Kier molecular flexibility index (Phi) is 10.1. The van der Waals surface area contributed by atoms with Crippen LogP contribution in [0.25, 0.3) is 5.57 Å². The molecule has 0 spiro atoms. The van der Waals surface area contributed by atoms with Crippen LogP contribution in [0, 0.1) is 18.3 Å². The summed E-state index contributed by atoms with van der Waals surface area (Å²) in [5.41, 5.74) is 7.50. The molecule has 192 valence electrons. The Morgan fingerprint density at radius 1 is 1.20 bits per heavy atom. The van der Waals surface area contributed by atoms with Crippen molar-refractivity contribution in [2.75, 3.05) is 26.3 Å². The second-order valence-corrected chi connectivity index (χ2v) is 10.4. The topological polar surface area (TPSA) is 36.3 Å². The van der Waals surface area contributed by atoms with Crippen molar-refractivity contribution >= 4 is 11.3 Å². The molecule has 2 heterocycles. The van der Waals surface area contributed by atoms with Crippen molar-refractivity contribution in [3.8, 4) is 0 Å². The number of halogens is 1. The number of rotatable bonds is 10. The van der Waals surface area contributed by atoms with E-state index in [0.29, 0.717) is 24.3 Å². The Labute approximate surface area is 212 Å². The van der Waals surface area contributed by atoms with E-state index in [1.165, 1.54) is 40.7 Å². The number of benzene rings is 1. The van der Waals surface area contributed by atoms with Gasteiger partial charge in [-0.1, -0.05) is 58.4 Å². The van der Waals surface area contributed by atoms with Gasteiger partial charge in [-0.25, -0.2) is 4.39 Å². The average Bonchev–Trinajstić information content (AvgIpc) is 2.82. The highest BCUT2D eigenvalue weighted by atomic mass is 19.1. The molecule has 3 rings (SSSR count). The van der Waals surface area contributed by atoms with Gasteiger partial charge in [0.15, 0.2) is 0 Å². The van der Waals surface area contributed by atoms with E-state index in [0.717, 1.165) is 44.7 Å². The Hall–Kier alpha value is -2.04. The third kappa shape index (κ3) is 6.59. The highest BCUT2D eigenvalue weighted by molar-refractivity contribution is 5.96. The molecule has 0 unspecified atom stereocenters. The highest BCUT2D eigenvalue weighted by Gasteiger charge is 2.30. The SMILES string of the molecule is C/C=C(\C=C(\F)C(=N)CC)C(/CCC)=C(/c1cc(C2CCN(C3COC3)CC2)ccc1C)C(C)C. The van der Waals surface area contributed by atoms with Crippen LogP contribution in [-0.4, -0.2) is 43.0 Å². The Morgan fingerprint density at radius 2 is 1.89 bits per heavy atom. The number of nitrogens with zero attached hydrogens (tertiary/aromatic N) is 1. The predicted octanol–water partition coefficient (Wildman–Crippen LogP) is 8.01. The van der Waals surface area contributed by atoms with Gasteiger partial charge in [0, 0.05) is 0 Å². The number of hydrogen-bond donors (Lipinski definition) is 1. The average molecular weight is 481 g/mol. The fourth-order valence-electron chi connectivity index (χ4n) is 5.46. The van der Waals surface area contributed by atoms with Gasteiger partial charge < -0.3 is 10.1 Å². The lowest BCUT2D eigenvalue weighted by molar-refractivity contribution is -0.0712. The van der Waals surface area contributed by atoms with Gasteiger partial charge in [0.05, 0.1) is 25.0 Å². The fourth-order valence-corrected chi connectivity index (χ4v) is 5.46. The lowest BCUT2D eigenvalue weighted by atomic mass is 9.80. The molecule has 1 aromatic rings. The molecule has 2 fully saturated rings. The zero-order valence-electron chi connectivity index (χ0n) is 22.7. The maximum absolute atomic E-state index is 14.8. The summed E-state index contributed by atoms with van der Waals surface area (Å²) in [6, 6.07) is 7.65. The van der Waals surface area contributed by atoms with Gasteiger partial charge in [-0.15, -0.1) is 0 Å². The molecule has 0 aliphatic carbocycles. The molecular weight excluding hydrogens is 435 g/mol. The normalized spacial score (nSPS) is 19.7. The van der Waals surface area contributed by atoms with Crippen molar-refractivity contribution in [1.82, 2.24) is 4.90 Å². The first-order valence-corrected chi connectivity index (χ1v) is 13.6. The summed E-state index contributed by atoms with van der Waals surface area (Å²) in [4.78, 5) is 2.60. The summed E-state index contributed by atoms with van der Waals surface area (Å²) in [5.74, 6) is 0.465. The summed E-state index contributed by atoms with van der Waals surface area (Å²) in [7, 11) is 0. The minimum Gasteiger partial charge on any atom is -0.378 e. The van der Waals surface area contributed by atoms with Gasteiger partial charge in [0.1, 0.15) is 5.83 Å². The van der Waals surface area contributed by atoms with Gasteiger partial charge >= 0.3 is 0 Å². The Morgan fingerprint density at radius 3 is 2.40 bits per heavy atom. The van der Waals surface area contributed by atoms with Crippen molar-refractivity contribution in [3.63, 3.8) is 0 Å². The smallest absolute Gasteiger partial charge is 0.144 e. The first kappa shape index (κ1) is 27.5. The van der Waals surface area contributed by atoms with E-state index in [-0.39, 0.29) is 5.71 Å². The first-order valence-electron chi connectivity index (χ1n) is 13.6. The van der Waals surface area contributed by atoms with Gasteiger partial charge in [0.25, 0.3) is 0 Å². The van der Waals surface area contributed by atoms with Crippen LogP contribution in [0.4, 0.5) is 4.39 Å². The summed E-state index contributed by atoms with van der Waals surface area (Å²) >= 11 is 0. The molecular formula is C31H45FN2O. The fraction of sp³-hybridized carbons (Fsp3) is 0.581. The van der Waals surface area contributed by atoms with Crippen LogP contribution in [0.3, 0.4) is 0 Å². The number of aryl methyl sites for hydroxylation is 1. The van der Waals surface area contributed by atoms with Crippen LogP contribution in [0.2, 0.25) is 0 Å². The Bertz CT molecular complexity index is 976. The maximum Gasteiger partial charge on any atom is 0.144 e. The number of ether oxygens (including phenoxy) is 1. The number of hydrogen-bond acceptors (Lipinski definition) is 3. The standard InChI is InChI=1S/C31H45FN2O/c1-7-10-27(23(8-2)18-29(32)30(33)9-3)31(21(4)5)28-17-25(12-11-22(28)6)24-13-15-34(16-14-24)26-19-35-20-26/h8,11-12,17-18,21,24,26,33H,7,9-10,13-16,19-20H2,1-6H3/b23-8+,29-18+,31-27+,33-30?. The lowest BCUT2D eigenvalue weighted by Crippen LogP contribution is -2.51. The van der Waals surface area contributed by atoms with E-state index in [2.05, 4.69) is 50.8 Å². The Balaban J connectivity index is 1.99. The highest BCUT2D eigenvalue weighted by Crippen LogP contribution is 2.38. The van der Waals surface area contributed by atoms with E-state index >= 15 is 0 Å². The third-order valence-corrected chi connectivity index (χ3v) is 7.68. The monoisotopic (exact) mass is 480 g/mol. The predicted molar refractivity (Wildman–Crippen MR) is 147 cm³/mol. The second kappa shape index (κ2) is 12.8. The first-order chi connectivity index (χ1) is 16.8. The molecule has 0 radical (unpaired) electrons. The molecule has 1 N–H and O–H groups in total. The maximum atomic E-state index is 14.8. The van der Waals surface area contributed by atoms with Crippen LogP contribution < -0.4 is 0 Å². The number of allylic oxidation sites excluding steroid dienone is 6. The summed E-state index contributed by atoms with van der Waals surface area (Å²) < 4.78 is 20.2. The molecule has 0 atom stereocenters. The zero-order chi connectivity index (χ0) is 25.5. The molecule has 3 nitrogen and oxygen atoms in total. The van der Waals surface area contributed by atoms with Crippen LogP contribution >= 0.6 is 0 Å². The lowest BCUT2D eigenvalue weighted by Gasteiger charge is -2.41. The van der Waals surface area contributed by atoms with E-state index in [4.69, 9.17) is 10.1 Å². The number of nitrogens with one attached hydrogen (secondary N) is 1. The minimum atomic E-state index is -0.425. The molecule has 2 aliphatic rings. The van der Waals surface area contributed by atoms with Crippen molar-refractivity contribution < 1.29 is 9.13 Å². The molecule has 1 aromatic carbocycles. The van der Waals surface area contributed by atoms with Crippen LogP contribution in [0.1, 0.15) is 89.3 Å². The van der Waals surface area contributed by atoms with E-state index < -0.39 is 5.83 Å². The van der Waals surface area contributed by atoms with Crippen molar-refractivity contribution in [3.05, 3.63) is 64.0 Å². The van der Waals surface area contributed by atoms with Gasteiger partial charge in [-0.3, -0.25) is 4.90 Å². The summed E-state index contributed by atoms with van der Waals surface area (Å²) in [6.45, 7) is 16.8. The second-order valence-electron chi connectivity index (χ2n) is 10.4. The van der Waals surface area contributed by atoms with Crippen molar-refractivity contribution in [2.45, 2.75) is 85.6 Å². The van der Waals surface area contributed by atoms with Gasteiger partial charge in [-0.2, -0.15) is 0 Å². The number of piperidine rings is 1. The van der Waals surface area contributed by atoms with Crippen molar-refractivity contribution in [2.24, 2.45) is 5.92 Å². The molecule has 35 heavy (non-hydrogen) atoms. The molecule has 4 heteroatoms. The molecule has 2 aliphatic heterocycles. The molecule has 0 aromatic heterocycles. The number of likely N-dealkylation sites (tertiary alicyclic amines) is 1. The van der Waals surface area contributed by atoms with E-state index in [1.54, 1.807) is 6.08 Å². The van der Waals surface area contributed by atoms with Gasteiger partial charge in [-0.05, 0) is 104 Å². The largest absolute Gasteiger partial charge is 0.378 e. The van der Waals surface area contributed by atoms with Crippen LogP contribution in [0.15, 0.2) is 47.3 Å². The summed E-state index contributed by atoms with van der Waals surface area (Å²) in [6.07, 6.45) is 8.25. The van der Waals surface area contributed by atoms with Crippen LogP contribution in [-0.2, 0) is 4.74 Å². The zero-order valence-corrected chi connectivity index (χ0v) is 22.7. The van der Waals surface area contributed by atoms with Crippen molar-refractivity contribution in [1.29, 1.82) is 5.41 Å². The summed E-state index contributed by atoms with van der Waals surface area (Å²) in [5, 5.41) is 7.95. The third-order valence-electron chi connectivity index (χ3n) is 7.68.